The van der Waals surface area contributed by atoms with Gasteiger partial charge in [-0.1, -0.05) is 45.4 Å². The van der Waals surface area contributed by atoms with E-state index in [2.05, 4.69) is 12.2 Å². The summed E-state index contributed by atoms with van der Waals surface area (Å²) in [6.07, 6.45) is 12.4. The van der Waals surface area contributed by atoms with Crippen LogP contribution in [0.3, 0.4) is 0 Å². The molecule has 1 saturated carbocycles. The molecule has 1 rings (SSSR count). The summed E-state index contributed by atoms with van der Waals surface area (Å²) < 4.78 is 0. The SMILES string of the molecule is CCCCCCCCNC1CCCC1CN. The van der Waals surface area contributed by atoms with Gasteiger partial charge in [-0.25, -0.2) is 0 Å². The van der Waals surface area contributed by atoms with Crippen molar-refractivity contribution in [3.8, 4) is 0 Å². The number of nitrogens with one attached hydrogen (secondary N) is 1. The average molecular weight is 226 g/mol. The first-order valence-electron chi connectivity index (χ1n) is 7.32. The van der Waals surface area contributed by atoms with Gasteiger partial charge in [-0.2, -0.15) is 0 Å². The van der Waals surface area contributed by atoms with Crippen molar-refractivity contribution in [2.45, 2.75) is 70.8 Å². The maximum Gasteiger partial charge on any atom is 0.0107 e. The van der Waals surface area contributed by atoms with Gasteiger partial charge in [-0.05, 0) is 38.3 Å². The average Bonchev–Trinajstić information content (AvgIpc) is 2.75. The molecule has 0 bridgehead atoms. The standard InChI is InChI=1S/C14H30N2/c1-2-3-4-5-6-7-11-16-14-10-8-9-13(14)12-15/h13-14,16H,2-12,15H2,1H3. The molecule has 2 atom stereocenters. The third-order valence-electron chi connectivity index (χ3n) is 3.90. The molecule has 96 valence electrons. The molecule has 1 aliphatic rings. The summed E-state index contributed by atoms with van der Waals surface area (Å²) >= 11 is 0. The molecule has 0 aromatic rings. The quantitative estimate of drug-likeness (QED) is 0.593. The van der Waals surface area contributed by atoms with Crippen LogP contribution < -0.4 is 11.1 Å². The van der Waals surface area contributed by atoms with Gasteiger partial charge >= 0.3 is 0 Å². The highest BCUT2D eigenvalue weighted by atomic mass is 14.9. The zero-order valence-electron chi connectivity index (χ0n) is 11.0. The van der Waals surface area contributed by atoms with E-state index >= 15 is 0 Å². The van der Waals surface area contributed by atoms with Crippen molar-refractivity contribution in [3.05, 3.63) is 0 Å². The smallest absolute Gasteiger partial charge is 0.0107 e. The van der Waals surface area contributed by atoms with Crippen molar-refractivity contribution < 1.29 is 0 Å². The molecule has 0 radical (unpaired) electrons. The summed E-state index contributed by atoms with van der Waals surface area (Å²) in [4.78, 5) is 0. The van der Waals surface area contributed by atoms with Gasteiger partial charge in [0.2, 0.25) is 0 Å². The summed E-state index contributed by atoms with van der Waals surface area (Å²) in [6, 6.07) is 0.723. The Morgan fingerprint density at radius 2 is 1.81 bits per heavy atom. The second-order valence-electron chi connectivity index (χ2n) is 5.26. The molecule has 1 aliphatic carbocycles. The third kappa shape index (κ3) is 5.31. The largest absolute Gasteiger partial charge is 0.330 e. The Bertz CT molecular complexity index is 159. The van der Waals surface area contributed by atoms with Gasteiger partial charge in [0.15, 0.2) is 0 Å². The minimum absolute atomic E-state index is 0.723. The van der Waals surface area contributed by atoms with Crippen LogP contribution in [0.4, 0.5) is 0 Å². The molecular formula is C14H30N2. The van der Waals surface area contributed by atoms with Gasteiger partial charge in [0, 0.05) is 6.04 Å². The molecule has 0 heterocycles. The van der Waals surface area contributed by atoms with Gasteiger partial charge in [0.25, 0.3) is 0 Å². The Morgan fingerprint density at radius 1 is 1.06 bits per heavy atom. The predicted molar refractivity (Wildman–Crippen MR) is 71.6 cm³/mol. The lowest BCUT2D eigenvalue weighted by Crippen LogP contribution is -2.36. The van der Waals surface area contributed by atoms with Gasteiger partial charge in [0.1, 0.15) is 0 Å². The number of hydrogen-bond donors (Lipinski definition) is 2. The lowest BCUT2D eigenvalue weighted by Gasteiger charge is -2.19. The molecule has 3 N–H and O–H groups in total. The molecular weight excluding hydrogens is 196 g/mol. The van der Waals surface area contributed by atoms with E-state index < -0.39 is 0 Å². The lowest BCUT2D eigenvalue weighted by molar-refractivity contribution is 0.401. The van der Waals surface area contributed by atoms with E-state index in [1.165, 1.54) is 64.3 Å². The summed E-state index contributed by atoms with van der Waals surface area (Å²) in [7, 11) is 0. The van der Waals surface area contributed by atoms with Crippen LogP contribution in [-0.2, 0) is 0 Å². The maximum atomic E-state index is 5.77. The second-order valence-corrected chi connectivity index (χ2v) is 5.26. The van der Waals surface area contributed by atoms with Crippen LogP contribution in [0.15, 0.2) is 0 Å². The highest BCUT2D eigenvalue weighted by Crippen LogP contribution is 2.24. The van der Waals surface area contributed by atoms with E-state index in [0.717, 1.165) is 18.5 Å². The molecule has 2 heteroatoms. The molecule has 0 amide bonds. The molecule has 16 heavy (non-hydrogen) atoms. The summed E-state index contributed by atoms with van der Waals surface area (Å²) in [5, 5.41) is 3.69. The van der Waals surface area contributed by atoms with E-state index in [-0.39, 0.29) is 0 Å². The van der Waals surface area contributed by atoms with Crippen molar-refractivity contribution in [3.63, 3.8) is 0 Å². The van der Waals surface area contributed by atoms with Gasteiger partial charge in [0.05, 0.1) is 0 Å². The molecule has 2 unspecified atom stereocenters. The molecule has 0 aromatic carbocycles. The topological polar surface area (TPSA) is 38.0 Å². The molecule has 0 spiro atoms. The van der Waals surface area contributed by atoms with Crippen LogP contribution >= 0.6 is 0 Å². The Kier molecular flexibility index (Phi) is 7.87. The van der Waals surface area contributed by atoms with Crippen LogP contribution in [0.5, 0.6) is 0 Å². The van der Waals surface area contributed by atoms with E-state index in [1.54, 1.807) is 0 Å². The van der Waals surface area contributed by atoms with Crippen LogP contribution in [-0.4, -0.2) is 19.1 Å². The van der Waals surface area contributed by atoms with Crippen LogP contribution in [0.1, 0.15) is 64.7 Å². The summed E-state index contributed by atoms with van der Waals surface area (Å²) in [5.74, 6) is 0.750. The highest BCUT2D eigenvalue weighted by molar-refractivity contribution is 4.83. The molecule has 0 aromatic heterocycles. The van der Waals surface area contributed by atoms with E-state index in [9.17, 15) is 0 Å². The molecule has 0 saturated heterocycles. The molecule has 0 aliphatic heterocycles. The minimum atomic E-state index is 0.723. The van der Waals surface area contributed by atoms with Crippen molar-refractivity contribution in [2.75, 3.05) is 13.1 Å². The zero-order chi connectivity index (χ0) is 11.6. The first-order chi connectivity index (χ1) is 7.88. The first-order valence-corrected chi connectivity index (χ1v) is 7.32. The van der Waals surface area contributed by atoms with Gasteiger partial charge < -0.3 is 11.1 Å². The number of rotatable bonds is 9. The lowest BCUT2D eigenvalue weighted by atomic mass is 10.0. The van der Waals surface area contributed by atoms with Crippen molar-refractivity contribution in [2.24, 2.45) is 11.7 Å². The van der Waals surface area contributed by atoms with Gasteiger partial charge in [-0.15, -0.1) is 0 Å². The van der Waals surface area contributed by atoms with Crippen molar-refractivity contribution in [1.82, 2.24) is 5.32 Å². The fourth-order valence-corrected chi connectivity index (χ4v) is 2.78. The number of nitrogens with two attached hydrogens (primary N) is 1. The molecule has 2 nitrogen and oxygen atoms in total. The van der Waals surface area contributed by atoms with Crippen LogP contribution in [0, 0.1) is 5.92 Å². The van der Waals surface area contributed by atoms with Crippen molar-refractivity contribution >= 4 is 0 Å². The van der Waals surface area contributed by atoms with Gasteiger partial charge in [-0.3, -0.25) is 0 Å². The number of hydrogen-bond acceptors (Lipinski definition) is 2. The fraction of sp³-hybridized carbons (Fsp3) is 1.00. The Labute approximate surface area is 101 Å². The number of unbranched alkanes of at least 4 members (excludes halogenated alkanes) is 5. The van der Waals surface area contributed by atoms with Crippen LogP contribution in [0.25, 0.3) is 0 Å². The summed E-state index contributed by atoms with van der Waals surface area (Å²) in [6.45, 7) is 4.34. The minimum Gasteiger partial charge on any atom is -0.330 e. The maximum absolute atomic E-state index is 5.77. The first kappa shape index (κ1) is 14.0. The summed E-state index contributed by atoms with van der Waals surface area (Å²) in [5.41, 5.74) is 5.77. The second kappa shape index (κ2) is 9.00. The Hall–Kier alpha value is -0.0800. The van der Waals surface area contributed by atoms with E-state index in [1.807, 2.05) is 0 Å². The van der Waals surface area contributed by atoms with Crippen LogP contribution in [0.2, 0.25) is 0 Å². The monoisotopic (exact) mass is 226 g/mol. The van der Waals surface area contributed by atoms with E-state index in [0.29, 0.717) is 0 Å². The Balaban J connectivity index is 1.90. The zero-order valence-corrected chi connectivity index (χ0v) is 11.0. The van der Waals surface area contributed by atoms with E-state index in [4.69, 9.17) is 5.73 Å². The normalized spacial score (nSPS) is 25.1. The molecule has 1 fully saturated rings. The highest BCUT2D eigenvalue weighted by Gasteiger charge is 2.24. The Morgan fingerprint density at radius 3 is 2.56 bits per heavy atom. The van der Waals surface area contributed by atoms with Crippen molar-refractivity contribution in [1.29, 1.82) is 0 Å². The fourth-order valence-electron chi connectivity index (χ4n) is 2.78. The predicted octanol–water partition coefficient (Wildman–Crippen LogP) is 3.06. The third-order valence-corrected chi connectivity index (χ3v) is 3.90.